The summed E-state index contributed by atoms with van der Waals surface area (Å²) in [7, 11) is 0. The second kappa shape index (κ2) is 5.93. The summed E-state index contributed by atoms with van der Waals surface area (Å²) in [6, 6.07) is 0. The summed E-state index contributed by atoms with van der Waals surface area (Å²) in [5.74, 6) is 4.42. The predicted molar refractivity (Wildman–Crippen MR) is 81.6 cm³/mol. The molecule has 1 aliphatic rings. The number of hydrogen-bond donors (Lipinski definition) is 0. The van der Waals surface area contributed by atoms with Crippen molar-refractivity contribution in [1.82, 2.24) is 9.97 Å². The molecule has 3 rings (SSSR count). The number of alkyl halides is 1. The van der Waals surface area contributed by atoms with Gasteiger partial charge < -0.3 is 8.83 Å². The van der Waals surface area contributed by atoms with E-state index in [0.29, 0.717) is 16.9 Å². The van der Waals surface area contributed by atoms with Gasteiger partial charge in [-0.1, -0.05) is 15.9 Å². The normalized spacial score (nSPS) is 16.9. The molecule has 2 aromatic rings. The highest BCUT2D eigenvalue weighted by molar-refractivity contribution is 9.08. The highest BCUT2D eigenvalue weighted by Gasteiger charge is 2.26. The van der Waals surface area contributed by atoms with Crippen LogP contribution in [0.2, 0.25) is 0 Å². The molecule has 0 saturated carbocycles. The maximum atomic E-state index is 5.87. The van der Waals surface area contributed by atoms with E-state index in [1.807, 2.05) is 30.4 Å². The lowest BCUT2D eigenvalue weighted by Gasteiger charge is -2.17. The smallest absolute Gasteiger partial charge is 0.249 e. The van der Waals surface area contributed by atoms with Crippen molar-refractivity contribution in [1.29, 1.82) is 0 Å². The van der Waals surface area contributed by atoms with E-state index >= 15 is 0 Å². The van der Waals surface area contributed by atoms with E-state index in [2.05, 4.69) is 25.9 Å². The Labute approximate surface area is 128 Å². The van der Waals surface area contributed by atoms with E-state index in [1.54, 1.807) is 6.26 Å². The van der Waals surface area contributed by atoms with E-state index in [-0.39, 0.29) is 4.58 Å². The van der Waals surface area contributed by atoms with Gasteiger partial charge in [0.15, 0.2) is 5.69 Å². The number of aromatic nitrogens is 2. The Kier molecular flexibility index (Phi) is 4.24. The zero-order valence-electron chi connectivity index (χ0n) is 10.4. The minimum Gasteiger partial charge on any atom is -0.443 e. The van der Waals surface area contributed by atoms with Crippen molar-refractivity contribution in [3.05, 3.63) is 23.6 Å². The summed E-state index contributed by atoms with van der Waals surface area (Å²) in [6.45, 7) is 1.90. The van der Waals surface area contributed by atoms with Crippen molar-refractivity contribution in [2.24, 2.45) is 0 Å². The molecule has 0 bridgehead atoms. The van der Waals surface area contributed by atoms with Crippen LogP contribution < -0.4 is 0 Å². The molecule has 1 aliphatic heterocycles. The van der Waals surface area contributed by atoms with Crippen molar-refractivity contribution in [3.63, 3.8) is 0 Å². The van der Waals surface area contributed by atoms with Crippen molar-refractivity contribution in [2.75, 3.05) is 11.5 Å². The van der Waals surface area contributed by atoms with Gasteiger partial charge in [-0.15, -0.1) is 23.5 Å². The van der Waals surface area contributed by atoms with Crippen molar-refractivity contribution < 1.29 is 8.83 Å². The average Bonchev–Trinajstić information content (AvgIpc) is 3.05. The number of rotatable bonds is 3. The van der Waals surface area contributed by atoms with Crippen molar-refractivity contribution in [3.8, 4) is 11.6 Å². The quantitative estimate of drug-likeness (QED) is 0.756. The van der Waals surface area contributed by atoms with Crippen LogP contribution in [-0.2, 0) is 5.33 Å². The number of oxazole rings is 2. The Morgan fingerprint density at radius 3 is 2.79 bits per heavy atom. The SMILES string of the molecule is Cc1coc(-c2nc(C3SCCCS3)oc2CBr)n1. The average molecular weight is 361 g/mol. The van der Waals surface area contributed by atoms with Crippen LogP contribution in [0.5, 0.6) is 0 Å². The van der Waals surface area contributed by atoms with Gasteiger partial charge in [0.2, 0.25) is 11.8 Å². The summed E-state index contributed by atoms with van der Waals surface area (Å²) in [4.78, 5) is 8.92. The fourth-order valence-electron chi connectivity index (χ4n) is 1.82. The predicted octanol–water partition coefficient (Wildman–Crippen LogP) is 4.40. The summed E-state index contributed by atoms with van der Waals surface area (Å²) < 4.78 is 11.6. The molecule has 4 nitrogen and oxygen atoms in total. The van der Waals surface area contributed by atoms with Crippen LogP contribution in [0.1, 0.15) is 28.3 Å². The first-order chi connectivity index (χ1) is 9.28. The molecule has 0 radical (unpaired) electrons. The van der Waals surface area contributed by atoms with Crippen LogP contribution in [0.15, 0.2) is 15.1 Å². The number of thioether (sulfide) groups is 2. The van der Waals surface area contributed by atoms with Crippen LogP contribution in [0.25, 0.3) is 11.6 Å². The zero-order valence-corrected chi connectivity index (χ0v) is 13.6. The Balaban J connectivity index is 1.93. The zero-order chi connectivity index (χ0) is 13.2. The molecule has 1 fully saturated rings. The Hall–Kier alpha value is -0.400. The second-order valence-electron chi connectivity index (χ2n) is 4.18. The Morgan fingerprint density at radius 1 is 1.37 bits per heavy atom. The summed E-state index contributed by atoms with van der Waals surface area (Å²) in [5.41, 5.74) is 1.56. The summed E-state index contributed by atoms with van der Waals surface area (Å²) in [6.07, 6.45) is 2.88. The molecule has 0 unspecified atom stereocenters. The first-order valence-electron chi connectivity index (χ1n) is 5.99. The topological polar surface area (TPSA) is 52.1 Å². The molecule has 0 aliphatic carbocycles. The number of nitrogens with zero attached hydrogens (tertiary/aromatic N) is 2. The molecule has 102 valence electrons. The Morgan fingerprint density at radius 2 is 2.16 bits per heavy atom. The monoisotopic (exact) mass is 360 g/mol. The summed E-state index contributed by atoms with van der Waals surface area (Å²) in [5, 5.41) is 0.610. The molecule has 7 heteroatoms. The minimum atomic E-state index is 0.288. The van der Waals surface area contributed by atoms with Gasteiger partial charge in [0.25, 0.3) is 0 Å². The first kappa shape index (κ1) is 13.6. The molecular weight excluding hydrogens is 348 g/mol. The van der Waals surface area contributed by atoms with Gasteiger partial charge in [-0.05, 0) is 24.9 Å². The third kappa shape index (κ3) is 2.87. The maximum absolute atomic E-state index is 5.87. The van der Waals surface area contributed by atoms with Gasteiger partial charge >= 0.3 is 0 Å². The van der Waals surface area contributed by atoms with Crippen LogP contribution >= 0.6 is 39.5 Å². The van der Waals surface area contributed by atoms with Gasteiger partial charge in [0.1, 0.15) is 16.6 Å². The van der Waals surface area contributed by atoms with Crippen LogP contribution in [-0.4, -0.2) is 21.5 Å². The number of hydrogen-bond acceptors (Lipinski definition) is 6. The molecule has 3 heterocycles. The lowest BCUT2D eigenvalue weighted by molar-refractivity contribution is 0.485. The van der Waals surface area contributed by atoms with Crippen LogP contribution in [0.4, 0.5) is 0 Å². The van der Waals surface area contributed by atoms with E-state index in [1.165, 1.54) is 6.42 Å². The van der Waals surface area contributed by atoms with Crippen molar-refractivity contribution in [2.45, 2.75) is 23.3 Å². The molecular formula is C12H13BrN2O2S2. The van der Waals surface area contributed by atoms with E-state index in [4.69, 9.17) is 8.83 Å². The van der Waals surface area contributed by atoms with Gasteiger partial charge in [0, 0.05) is 0 Å². The van der Waals surface area contributed by atoms with Gasteiger partial charge in [0.05, 0.1) is 11.0 Å². The third-order valence-corrected chi connectivity index (χ3v) is 6.07. The minimum absolute atomic E-state index is 0.288. The summed E-state index contributed by atoms with van der Waals surface area (Å²) >= 11 is 7.21. The fourth-order valence-corrected chi connectivity index (χ4v) is 4.88. The van der Waals surface area contributed by atoms with Crippen molar-refractivity contribution >= 4 is 39.5 Å². The molecule has 1 saturated heterocycles. The van der Waals surface area contributed by atoms with Gasteiger partial charge in [-0.25, -0.2) is 9.97 Å². The highest BCUT2D eigenvalue weighted by atomic mass is 79.9. The highest BCUT2D eigenvalue weighted by Crippen LogP contribution is 2.44. The van der Waals surface area contributed by atoms with Gasteiger partial charge in [-0.2, -0.15) is 0 Å². The lowest BCUT2D eigenvalue weighted by Crippen LogP contribution is -2.00. The second-order valence-corrected chi connectivity index (χ2v) is 7.46. The first-order valence-corrected chi connectivity index (χ1v) is 9.21. The largest absolute Gasteiger partial charge is 0.443 e. The van der Waals surface area contributed by atoms with Crippen LogP contribution in [0, 0.1) is 6.92 Å². The molecule has 0 amide bonds. The van der Waals surface area contributed by atoms with E-state index in [0.717, 1.165) is 28.9 Å². The molecule has 0 aromatic carbocycles. The fraction of sp³-hybridized carbons (Fsp3) is 0.500. The lowest BCUT2D eigenvalue weighted by atomic mass is 10.4. The molecule has 19 heavy (non-hydrogen) atoms. The van der Waals surface area contributed by atoms with Crippen LogP contribution in [0.3, 0.4) is 0 Å². The van der Waals surface area contributed by atoms with Gasteiger partial charge in [-0.3, -0.25) is 0 Å². The maximum Gasteiger partial charge on any atom is 0.249 e. The third-order valence-electron chi connectivity index (χ3n) is 2.69. The molecule has 0 spiro atoms. The Bertz CT molecular complexity index is 564. The molecule has 0 atom stereocenters. The van der Waals surface area contributed by atoms with E-state index in [9.17, 15) is 0 Å². The number of halogens is 1. The number of aryl methyl sites for hydroxylation is 1. The molecule has 0 N–H and O–H groups in total. The standard InChI is InChI=1S/C12H13BrN2O2S2/c1-7-6-16-10(14-7)9-8(5-13)17-11(15-9)12-18-3-2-4-19-12/h6,12H,2-5H2,1H3. The van der Waals surface area contributed by atoms with E-state index < -0.39 is 0 Å². The molecule has 2 aromatic heterocycles.